The molecule has 1 amide bonds. The molecule has 0 aromatic heterocycles. The minimum Gasteiger partial charge on any atom is -0.434 e. The number of carbonyl (C=O) groups is 1. The summed E-state index contributed by atoms with van der Waals surface area (Å²) in [6.45, 7) is -1.53. The third kappa shape index (κ3) is 6.23. The van der Waals surface area contributed by atoms with Gasteiger partial charge in [0.25, 0.3) is 5.91 Å². The molecule has 0 bridgehead atoms. The second-order valence-electron chi connectivity index (χ2n) is 5.13. The number of carbonyl (C=O) groups excluding carboxylic acids is 1. The molecule has 5 nitrogen and oxygen atoms in total. The van der Waals surface area contributed by atoms with Crippen LogP contribution in [0.25, 0.3) is 0 Å². The molecule has 1 atom stereocenters. The fourth-order valence-electron chi connectivity index (χ4n) is 1.87. The maximum atomic E-state index is 12.4. The van der Waals surface area contributed by atoms with Gasteiger partial charge in [-0.25, -0.2) is 0 Å². The first-order valence-electron chi connectivity index (χ1n) is 7.46. The highest BCUT2D eigenvalue weighted by Gasteiger charge is 2.17. The Morgan fingerprint density at radius 3 is 2.52 bits per heavy atom. The summed E-state index contributed by atoms with van der Waals surface area (Å²) in [4.78, 5) is 17.2. The number of amides is 1. The molecule has 0 spiro atoms. The van der Waals surface area contributed by atoms with Gasteiger partial charge in [-0.05, 0) is 31.2 Å². The molecule has 0 aliphatic heterocycles. The van der Waals surface area contributed by atoms with Crippen molar-refractivity contribution < 1.29 is 23.1 Å². The number of anilines is 1. The van der Waals surface area contributed by atoms with E-state index in [9.17, 15) is 13.6 Å². The van der Waals surface area contributed by atoms with Gasteiger partial charge in [0.15, 0.2) is 0 Å². The Bertz CT molecular complexity index is 850. The summed E-state index contributed by atoms with van der Waals surface area (Å²) in [5, 5.41) is 6.83. The van der Waals surface area contributed by atoms with E-state index in [1.54, 1.807) is 6.07 Å². The number of hydrogen-bond donors (Lipinski definition) is 1. The second-order valence-corrected chi connectivity index (χ2v) is 6.36. The lowest BCUT2D eigenvalue weighted by Gasteiger charge is -2.12. The zero-order valence-electron chi connectivity index (χ0n) is 13.8. The summed E-state index contributed by atoms with van der Waals surface area (Å²) in [7, 11) is 0. The van der Waals surface area contributed by atoms with E-state index >= 15 is 0 Å². The van der Waals surface area contributed by atoms with Crippen molar-refractivity contribution in [2.75, 3.05) is 5.32 Å². The lowest BCUT2D eigenvalue weighted by atomic mass is 10.2. The molecular weight excluding hydrogens is 425 g/mol. The van der Waals surface area contributed by atoms with Crippen LogP contribution < -0.4 is 10.1 Å². The van der Waals surface area contributed by atoms with Crippen molar-refractivity contribution in [2.24, 2.45) is 5.16 Å². The maximum Gasteiger partial charge on any atom is 0.387 e. The normalized spacial score (nSPS) is 12.3. The van der Waals surface area contributed by atoms with E-state index in [-0.39, 0.29) is 32.1 Å². The molecule has 27 heavy (non-hydrogen) atoms. The number of oxime groups is 1. The predicted octanol–water partition coefficient (Wildman–Crippen LogP) is 5.63. The van der Waals surface area contributed by atoms with Crippen LogP contribution in [0.4, 0.5) is 14.5 Å². The Kier molecular flexibility index (Phi) is 7.65. The number of hydrogen-bond acceptors (Lipinski definition) is 4. The van der Waals surface area contributed by atoms with Gasteiger partial charge in [0.1, 0.15) is 5.75 Å². The van der Waals surface area contributed by atoms with Crippen LogP contribution in [0.3, 0.4) is 0 Å². The fourth-order valence-corrected chi connectivity index (χ4v) is 2.46. The smallest absolute Gasteiger partial charge is 0.387 e. The number of nitrogens with one attached hydrogen (secondary N) is 1. The maximum absolute atomic E-state index is 12.4. The average molecular weight is 438 g/mol. The number of nitrogens with zero attached hydrogens (tertiary/aromatic N) is 1. The van der Waals surface area contributed by atoms with Crippen molar-refractivity contribution in [1.82, 2.24) is 0 Å². The van der Waals surface area contributed by atoms with Crippen LogP contribution in [-0.4, -0.2) is 24.8 Å². The van der Waals surface area contributed by atoms with Crippen LogP contribution >= 0.6 is 34.8 Å². The third-order valence-electron chi connectivity index (χ3n) is 3.18. The monoisotopic (exact) mass is 436 g/mol. The van der Waals surface area contributed by atoms with E-state index < -0.39 is 18.6 Å². The molecular formula is C17H13Cl3F2N2O3. The highest BCUT2D eigenvalue weighted by Crippen LogP contribution is 2.32. The van der Waals surface area contributed by atoms with Crippen LogP contribution in [0.15, 0.2) is 41.6 Å². The minimum absolute atomic E-state index is 0.0699. The van der Waals surface area contributed by atoms with Gasteiger partial charge in [-0.15, -0.1) is 0 Å². The largest absolute Gasteiger partial charge is 0.434 e. The van der Waals surface area contributed by atoms with Crippen LogP contribution in [0.1, 0.15) is 12.5 Å². The summed E-state index contributed by atoms with van der Waals surface area (Å²) in [5.41, 5.74) is 0.518. The van der Waals surface area contributed by atoms with Crippen molar-refractivity contribution in [3.63, 3.8) is 0 Å². The number of benzene rings is 2. The van der Waals surface area contributed by atoms with Gasteiger partial charge >= 0.3 is 6.61 Å². The molecule has 0 saturated carbocycles. The molecule has 2 rings (SSSR count). The molecule has 0 fully saturated rings. The van der Waals surface area contributed by atoms with E-state index in [1.807, 2.05) is 0 Å². The second kappa shape index (κ2) is 9.73. The Hall–Kier alpha value is -2.09. The quantitative estimate of drug-likeness (QED) is 0.347. The van der Waals surface area contributed by atoms with Crippen LogP contribution in [0.5, 0.6) is 5.75 Å². The molecule has 0 radical (unpaired) electrons. The summed E-state index contributed by atoms with van der Waals surface area (Å²) >= 11 is 17.7. The molecule has 2 aromatic rings. The SMILES string of the molecule is C[C@@H](O/N=C\c1ccccc1OC(F)F)C(=O)Nc1cc(Cl)c(Cl)cc1Cl. The van der Waals surface area contributed by atoms with Crippen molar-refractivity contribution >= 4 is 52.6 Å². The third-order valence-corrected chi connectivity index (χ3v) is 4.22. The van der Waals surface area contributed by atoms with Crippen LogP contribution in [0.2, 0.25) is 15.1 Å². The Balaban J connectivity index is 1.99. The Morgan fingerprint density at radius 1 is 1.15 bits per heavy atom. The molecule has 0 aliphatic carbocycles. The number of rotatable bonds is 7. The van der Waals surface area contributed by atoms with E-state index in [0.717, 1.165) is 6.21 Å². The summed E-state index contributed by atoms with van der Waals surface area (Å²) in [6, 6.07) is 8.80. The van der Waals surface area contributed by atoms with Gasteiger partial charge in [-0.1, -0.05) is 52.1 Å². The van der Waals surface area contributed by atoms with Crippen LogP contribution in [0, 0.1) is 0 Å². The lowest BCUT2D eigenvalue weighted by molar-refractivity contribution is -0.126. The van der Waals surface area contributed by atoms with E-state index in [2.05, 4.69) is 15.2 Å². The first-order valence-corrected chi connectivity index (χ1v) is 8.59. The summed E-state index contributed by atoms with van der Waals surface area (Å²) in [5.74, 6) is -0.621. The van der Waals surface area contributed by atoms with E-state index in [0.29, 0.717) is 0 Å². The van der Waals surface area contributed by atoms with Crippen molar-refractivity contribution in [1.29, 1.82) is 0 Å². The van der Waals surface area contributed by atoms with Gasteiger partial charge < -0.3 is 14.9 Å². The van der Waals surface area contributed by atoms with E-state index in [1.165, 1.54) is 37.3 Å². The number of halogens is 5. The fraction of sp³-hybridized carbons (Fsp3) is 0.176. The molecule has 0 aliphatic rings. The first-order chi connectivity index (χ1) is 12.8. The molecule has 2 aromatic carbocycles. The molecule has 0 unspecified atom stereocenters. The molecule has 0 heterocycles. The van der Waals surface area contributed by atoms with Gasteiger partial charge in [0.2, 0.25) is 6.10 Å². The molecule has 1 N–H and O–H groups in total. The molecule has 0 saturated heterocycles. The van der Waals surface area contributed by atoms with E-state index in [4.69, 9.17) is 39.6 Å². The number of para-hydroxylation sites is 1. The highest BCUT2D eigenvalue weighted by molar-refractivity contribution is 6.44. The summed E-state index contributed by atoms with van der Waals surface area (Å²) in [6.07, 6.45) is 0.156. The zero-order valence-corrected chi connectivity index (χ0v) is 16.0. The molecule has 10 heteroatoms. The van der Waals surface area contributed by atoms with Gasteiger partial charge in [-0.2, -0.15) is 8.78 Å². The minimum atomic E-state index is -2.97. The lowest BCUT2D eigenvalue weighted by Crippen LogP contribution is -2.26. The van der Waals surface area contributed by atoms with Crippen molar-refractivity contribution in [3.05, 3.63) is 57.0 Å². The van der Waals surface area contributed by atoms with Gasteiger partial charge in [0.05, 0.1) is 27.0 Å². The first kappa shape index (κ1) is 21.2. The van der Waals surface area contributed by atoms with Crippen LogP contribution in [-0.2, 0) is 9.63 Å². The standard InChI is InChI=1S/C17H13Cl3F2N2O3/c1-9(16(25)24-14-7-12(19)11(18)6-13(14)20)27-23-8-10-4-2-3-5-15(10)26-17(21)22/h2-9,17H,1H3,(H,24,25)/b23-8-/t9-/m1/s1. The Morgan fingerprint density at radius 2 is 1.81 bits per heavy atom. The topological polar surface area (TPSA) is 59.9 Å². The van der Waals surface area contributed by atoms with Gasteiger partial charge in [-0.3, -0.25) is 4.79 Å². The highest BCUT2D eigenvalue weighted by atomic mass is 35.5. The number of ether oxygens (including phenoxy) is 1. The predicted molar refractivity (Wildman–Crippen MR) is 101 cm³/mol. The van der Waals surface area contributed by atoms with Crippen molar-refractivity contribution in [2.45, 2.75) is 19.6 Å². The zero-order chi connectivity index (χ0) is 20.0. The van der Waals surface area contributed by atoms with Crippen molar-refractivity contribution in [3.8, 4) is 5.75 Å². The average Bonchev–Trinajstić information content (AvgIpc) is 2.60. The Labute approximate surface area is 168 Å². The summed E-state index contributed by atoms with van der Waals surface area (Å²) < 4.78 is 29.1. The molecule has 144 valence electrons. The number of alkyl halides is 2. The van der Waals surface area contributed by atoms with Gasteiger partial charge in [0, 0.05) is 5.56 Å².